The molecule has 0 aromatic carbocycles. The summed E-state index contributed by atoms with van der Waals surface area (Å²) in [5, 5.41) is 18.4. The Kier molecular flexibility index (Phi) is 5.73. The van der Waals surface area contributed by atoms with E-state index in [0.717, 1.165) is 38.9 Å². The Bertz CT molecular complexity index is 198. The highest BCUT2D eigenvalue weighted by Crippen LogP contribution is 2.28. The van der Waals surface area contributed by atoms with Gasteiger partial charge in [-0.3, -0.25) is 0 Å². The lowest BCUT2D eigenvalue weighted by Crippen LogP contribution is -2.37. The van der Waals surface area contributed by atoms with Gasteiger partial charge in [-0.25, -0.2) is 0 Å². The fourth-order valence-electron chi connectivity index (χ4n) is 2.83. The summed E-state index contributed by atoms with van der Waals surface area (Å²) in [7, 11) is 0. The fraction of sp³-hybridized carbons (Fsp3) is 1.00. The van der Waals surface area contributed by atoms with E-state index in [1.54, 1.807) is 0 Å². The summed E-state index contributed by atoms with van der Waals surface area (Å²) in [6.07, 6.45) is 4.35. The molecule has 0 amide bonds. The predicted molar refractivity (Wildman–Crippen MR) is 66.4 cm³/mol. The Labute approximate surface area is 99.5 Å². The number of aliphatic hydroxyl groups excluding tert-OH is 2. The maximum Gasteiger partial charge on any atom is 0.0497 e. The molecule has 0 spiro atoms. The first kappa shape index (κ1) is 13.9. The van der Waals surface area contributed by atoms with Crippen molar-refractivity contribution in [3.8, 4) is 0 Å². The molecule has 1 heterocycles. The largest absolute Gasteiger partial charge is 0.396 e. The average molecular weight is 229 g/mol. The van der Waals surface area contributed by atoms with Gasteiger partial charge >= 0.3 is 0 Å². The summed E-state index contributed by atoms with van der Waals surface area (Å²) in [5.41, 5.74) is 0.0584. The normalized spacial score (nSPS) is 25.9. The molecule has 0 aromatic heterocycles. The van der Waals surface area contributed by atoms with Crippen LogP contribution in [0.3, 0.4) is 0 Å². The first-order valence-electron chi connectivity index (χ1n) is 6.57. The van der Waals surface area contributed by atoms with Crippen LogP contribution in [0.1, 0.15) is 39.5 Å². The number of rotatable bonds is 7. The Morgan fingerprint density at radius 3 is 2.69 bits per heavy atom. The minimum Gasteiger partial charge on any atom is -0.396 e. The van der Waals surface area contributed by atoms with Gasteiger partial charge in [0.2, 0.25) is 0 Å². The van der Waals surface area contributed by atoms with Crippen LogP contribution in [0.25, 0.3) is 0 Å². The van der Waals surface area contributed by atoms with Crippen molar-refractivity contribution in [2.24, 2.45) is 11.3 Å². The van der Waals surface area contributed by atoms with E-state index in [-0.39, 0.29) is 12.0 Å². The lowest BCUT2D eigenvalue weighted by Gasteiger charge is -2.32. The second-order valence-electron chi connectivity index (χ2n) is 5.62. The lowest BCUT2D eigenvalue weighted by molar-refractivity contribution is 0.0876. The molecule has 0 aliphatic carbocycles. The van der Waals surface area contributed by atoms with Crippen molar-refractivity contribution in [3.63, 3.8) is 0 Å². The predicted octanol–water partition coefficient (Wildman–Crippen LogP) is 1.49. The SMILES string of the molecule is CCCC(C)(CO)CN1CCC(CCO)C1. The van der Waals surface area contributed by atoms with E-state index in [2.05, 4.69) is 18.7 Å². The molecule has 3 nitrogen and oxygen atoms in total. The summed E-state index contributed by atoms with van der Waals surface area (Å²) >= 11 is 0. The summed E-state index contributed by atoms with van der Waals surface area (Å²) in [6.45, 7) is 8.16. The first-order valence-corrected chi connectivity index (χ1v) is 6.57. The highest BCUT2D eigenvalue weighted by Gasteiger charge is 2.29. The molecule has 1 saturated heterocycles. The number of aliphatic hydroxyl groups is 2. The quantitative estimate of drug-likeness (QED) is 0.695. The van der Waals surface area contributed by atoms with Gasteiger partial charge < -0.3 is 15.1 Å². The van der Waals surface area contributed by atoms with E-state index in [9.17, 15) is 5.11 Å². The van der Waals surface area contributed by atoms with Crippen molar-refractivity contribution in [1.82, 2.24) is 4.90 Å². The lowest BCUT2D eigenvalue weighted by atomic mass is 9.86. The molecule has 16 heavy (non-hydrogen) atoms. The Hall–Kier alpha value is -0.120. The van der Waals surface area contributed by atoms with E-state index in [0.29, 0.717) is 12.5 Å². The van der Waals surface area contributed by atoms with Crippen LogP contribution in [0.4, 0.5) is 0 Å². The maximum absolute atomic E-state index is 9.48. The molecule has 2 N–H and O–H groups in total. The van der Waals surface area contributed by atoms with Gasteiger partial charge in [0.15, 0.2) is 0 Å². The van der Waals surface area contributed by atoms with Crippen molar-refractivity contribution < 1.29 is 10.2 Å². The Morgan fingerprint density at radius 1 is 1.38 bits per heavy atom. The van der Waals surface area contributed by atoms with Crippen LogP contribution in [-0.4, -0.2) is 48.0 Å². The molecule has 1 aliphatic heterocycles. The zero-order chi connectivity index (χ0) is 12.0. The molecular weight excluding hydrogens is 202 g/mol. The summed E-state index contributed by atoms with van der Waals surface area (Å²) < 4.78 is 0. The van der Waals surface area contributed by atoms with Gasteiger partial charge in [0.25, 0.3) is 0 Å². The molecule has 2 atom stereocenters. The van der Waals surface area contributed by atoms with Crippen LogP contribution in [-0.2, 0) is 0 Å². The van der Waals surface area contributed by atoms with Gasteiger partial charge in [-0.05, 0) is 31.7 Å². The van der Waals surface area contributed by atoms with Crippen LogP contribution in [0.2, 0.25) is 0 Å². The van der Waals surface area contributed by atoms with Gasteiger partial charge in [0, 0.05) is 31.7 Å². The van der Waals surface area contributed by atoms with E-state index in [4.69, 9.17) is 5.11 Å². The number of hydrogen-bond donors (Lipinski definition) is 2. The smallest absolute Gasteiger partial charge is 0.0497 e. The van der Waals surface area contributed by atoms with Gasteiger partial charge in [-0.2, -0.15) is 0 Å². The molecule has 1 aliphatic rings. The van der Waals surface area contributed by atoms with Crippen LogP contribution < -0.4 is 0 Å². The third-order valence-corrected chi connectivity index (χ3v) is 3.75. The van der Waals surface area contributed by atoms with Crippen molar-refractivity contribution >= 4 is 0 Å². The van der Waals surface area contributed by atoms with Gasteiger partial charge in [-0.15, -0.1) is 0 Å². The first-order chi connectivity index (χ1) is 7.63. The highest BCUT2D eigenvalue weighted by atomic mass is 16.3. The molecule has 0 saturated carbocycles. The van der Waals surface area contributed by atoms with Crippen LogP contribution in [0.5, 0.6) is 0 Å². The molecule has 0 radical (unpaired) electrons. The minimum atomic E-state index is 0.0584. The van der Waals surface area contributed by atoms with E-state index in [1.807, 2.05) is 0 Å². The average Bonchev–Trinajstić information content (AvgIpc) is 2.66. The van der Waals surface area contributed by atoms with E-state index in [1.165, 1.54) is 6.42 Å². The zero-order valence-electron chi connectivity index (χ0n) is 10.8. The molecule has 2 unspecified atom stereocenters. The molecule has 1 fully saturated rings. The van der Waals surface area contributed by atoms with Crippen molar-refractivity contribution in [1.29, 1.82) is 0 Å². The second-order valence-corrected chi connectivity index (χ2v) is 5.62. The van der Waals surface area contributed by atoms with Crippen LogP contribution in [0.15, 0.2) is 0 Å². The standard InChI is InChI=1S/C13H27NO2/c1-3-6-13(2,11-16)10-14-7-4-12(9-14)5-8-15/h12,15-16H,3-11H2,1-2H3. The number of hydrogen-bond acceptors (Lipinski definition) is 3. The number of nitrogens with zero attached hydrogens (tertiary/aromatic N) is 1. The van der Waals surface area contributed by atoms with Crippen LogP contribution >= 0.6 is 0 Å². The Morgan fingerprint density at radius 2 is 2.12 bits per heavy atom. The van der Waals surface area contributed by atoms with E-state index >= 15 is 0 Å². The Balaban J connectivity index is 2.36. The van der Waals surface area contributed by atoms with Gasteiger partial charge in [0.1, 0.15) is 0 Å². The van der Waals surface area contributed by atoms with Gasteiger partial charge in [0.05, 0.1) is 0 Å². The summed E-state index contributed by atoms with van der Waals surface area (Å²) in [4.78, 5) is 2.45. The monoisotopic (exact) mass is 229 g/mol. The third kappa shape index (κ3) is 4.04. The van der Waals surface area contributed by atoms with Gasteiger partial charge in [-0.1, -0.05) is 20.3 Å². The number of likely N-dealkylation sites (tertiary alicyclic amines) is 1. The zero-order valence-corrected chi connectivity index (χ0v) is 10.8. The molecule has 96 valence electrons. The molecular formula is C13H27NO2. The topological polar surface area (TPSA) is 43.7 Å². The fourth-order valence-corrected chi connectivity index (χ4v) is 2.83. The van der Waals surface area contributed by atoms with E-state index < -0.39 is 0 Å². The highest BCUT2D eigenvalue weighted by molar-refractivity contribution is 4.82. The molecule has 0 bridgehead atoms. The minimum absolute atomic E-state index is 0.0584. The van der Waals surface area contributed by atoms with Crippen molar-refractivity contribution in [2.45, 2.75) is 39.5 Å². The maximum atomic E-state index is 9.48. The van der Waals surface area contributed by atoms with Crippen LogP contribution in [0, 0.1) is 11.3 Å². The molecule has 3 heteroatoms. The summed E-state index contributed by atoms with van der Waals surface area (Å²) in [5.74, 6) is 0.662. The molecule has 1 rings (SSSR count). The van der Waals surface area contributed by atoms with Crippen molar-refractivity contribution in [2.75, 3.05) is 32.8 Å². The van der Waals surface area contributed by atoms with Crippen molar-refractivity contribution in [3.05, 3.63) is 0 Å². The molecule has 0 aromatic rings. The second kappa shape index (κ2) is 6.58. The third-order valence-electron chi connectivity index (χ3n) is 3.75. The summed E-state index contributed by atoms with van der Waals surface area (Å²) in [6, 6.07) is 0.